The smallest absolute Gasteiger partial charge is 0.405 e. The fraction of sp³-hybridized carbons (Fsp3) is 0.636. The van der Waals surface area contributed by atoms with E-state index in [1.807, 2.05) is 89.2 Å². The van der Waals surface area contributed by atoms with E-state index in [1.54, 1.807) is 32.0 Å². The lowest BCUT2D eigenvalue weighted by Crippen LogP contribution is -2.41. The molecule has 16 heteroatoms. The van der Waals surface area contributed by atoms with Gasteiger partial charge in [0, 0.05) is 27.7 Å². The minimum absolute atomic E-state index is 0. The van der Waals surface area contributed by atoms with Gasteiger partial charge in [-0.05, 0) is 108 Å². The van der Waals surface area contributed by atoms with E-state index in [4.69, 9.17) is 27.9 Å². The molecule has 0 amide bonds. The molecule has 3 aliphatic rings. The van der Waals surface area contributed by atoms with Gasteiger partial charge in [-0.25, -0.2) is 0 Å². The molecule has 3 fully saturated rings. The molecule has 49 heavy (non-hydrogen) atoms. The van der Waals surface area contributed by atoms with Gasteiger partial charge in [-0.3, -0.25) is 20.2 Å². The molecule has 5 rings (SSSR count). The molecular formula is C33H52B3BrN2O10. The van der Waals surface area contributed by atoms with Crippen LogP contribution in [-0.4, -0.2) is 64.6 Å². The molecule has 0 unspecified atom stereocenters. The highest BCUT2D eigenvalue weighted by molar-refractivity contribution is 9.10. The first kappa shape index (κ1) is 42.8. The van der Waals surface area contributed by atoms with Gasteiger partial charge in [0.2, 0.25) is 0 Å². The summed E-state index contributed by atoms with van der Waals surface area (Å²) < 4.78 is 36.5. The monoisotopic (exact) mass is 748 g/mol. The molecular weight excluding hydrogens is 697 g/mol. The van der Waals surface area contributed by atoms with Crippen molar-refractivity contribution >= 4 is 53.9 Å². The van der Waals surface area contributed by atoms with E-state index in [1.165, 1.54) is 12.1 Å². The number of hydrogen-bond acceptors (Lipinski definition) is 10. The summed E-state index contributed by atoms with van der Waals surface area (Å²) in [5.41, 5.74) is -0.128. The van der Waals surface area contributed by atoms with Gasteiger partial charge in [0.05, 0.1) is 43.5 Å². The van der Waals surface area contributed by atoms with Gasteiger partial charge in [0.1, 0.15) is 0 Å². The van der Waals surface area contributed by atoms with Crippen LogP contribution in [0.5, 0.6) is 0 Å². The van der Waals surface area contributed by atoms with Crippen molar-refractivity contribution in [1.82, 2.24) is 0 Å². The molecule has 0 N–H and O–H groups in total. The summed E-state index contributed by atoms with van der Waals surface area (Å²) in [5.74, 6) is 0. The number of hydrogen-bond donors (Lipinski definition) is 0. The van der Waals surface area contributed by atoms with Crippen molar-refractivity contribution in [3.8, 4) is 0 Å². The third kappa shape index (κ3) is 8.95. The Labute approximate surface area is 301 Å². The third-order valence-corrected chi connectivity index (χ3v) is 11.1. The van der Waals surface area contributed by atoms with E-state index in [0.29, 0.717) is 16.6 Å². The maximum atomic E-state index is 11.0. The van der Waals surface area contributed by atoms with Gasteiger partial charge in [0.25, 0.3) is 11.4 Å². The largest absolute Gasteiger partial charge is 0.495 e. The molecule has 0 radical (unpaired) electrons. The number of nitrogens with zero attached hydrogens (tertiary/aromatic N) is 2. The fourth-order valence-corrected chi connectivity index (χ4v) is 5.21. The van der Waals surface area contributed by atoms with E-state index in [0.717, 1.165) is 4.47 Å². The van der Waals surface area contributed by atoms with Gasteiger partial charge in [0.15, 0.2) is 0 Å². The Kier molecular flexibility index (Phi) is 12.9. The first-order valence-electron chi connectivity index (χ1n) is 15.9. The average molecular weight is 749 g/mol. The summed E-state index contributed by atoms with van der Waals surface area (Å²) in [6.45, 7) is 27.5. The Morgan fingerprint density at radius 3 is 1.18 bits per heavy atom. The second kappa shape index (κ2) is 14.7. The van der Waals surface area contributed by atoms with E-state index >= 15 is 0 Å². The normalized spacial score (nSPS) is 21.9. The minimum atomic E-state index is -0.565. The first-order chi connectivity index (χ1) is 21.7. The predicted molar refractivity (Wildman–Crippen MR) is 198 cm³/mol. The molecule has 0 bridgehead atoms. The van der Waals surface area contributed by atoms with Crippen molar-refractivity contribution in [1.29, 1.82) is 0 Å². The van der Waals surface area contributed by atoms with Crippen LogP contribution in [0, 0.1) is 34.1 Å². The number of halogens is 1. The van der Waals surface area contributed by atoms with Crippen molar-refractivity contribution in [2.45, 2.75) is 138 Å². The lowest BCUT2D eigenvalue weighted by molar-refractivity contribution is -0.385. The summed E-state index contributed by atoms with van der Waals surface area (Å²) in [6, 6.07) is 9.87. The van der Waals surface area contributed by atoms with Gasteiger partial charge >= 0.3 is 21.1 Å². The van der Waals surface area contributed by atoms with Crippen LogP contribution in [0.4, 0.5) is 11.4 Å². The summed E-state index contributed by atoms with van der Waals surface area (Å²) in [4.78, 5) is 20.6. The van der Waals surface area contributed by atoms with E-state index in [9.17, 15) is 20.2 Å². The van der Waals surface area contributed by atoms with Crippen LogP contribution >= 0.6 is 15.9 Å². The number of nitro benzene ring substituents is 2. The SMILES string of the molecule is C.CC1(C)OB(B2OC(C)(C)C(C)(C)O2)OC1(C)C.Cc1c(B2OC(C)(C)C(C)(C)O2)cccc1[N+](=O)[O-].Cc1c(Br)cccc1[N+](=O)[O-]. The molecule has 270 valence electrons. The van der Waals surface area contributed by atoms with Crippen LogP contribution in [0.15, 0.2) is 40.9 Å². The van der Waals surface area contributed by atoms with Crippen molar-refractivity contribution in [3.63, 3.8) is 0 Å². The standard InChI is InChI=1S/C13H18BNO4.C12H24B2O4.C7H6BrNO2.CH4/c1-9-10(7-6-8-11(9)15(16)17)14-18-12(2,3)13(4,5)19-14;1-9(2)10(3,4)16-13(15-9)14-17-11(5,6)12(7,8)18-14;1-5-6(8)3-2-4-7(5)9(10)11;/h6-8H,1-5H3;1-8H3;2-4H,1H3;1H4. The lowest BCUT2D eigenvalue weighted by Gasteiger charge is -2.32. The summed E-state index contributed by atoms with van der Waals surface area (Å²) in [5, 5.41) is 21.3. The Bertz CT molecular complexity index is 1450. The molecule has 0 atom stereocenters. The maximum Gasteiger partial charge on any atom is 0.495 e. The fourth-order valence-electron chi connectivity index (χ4n) is 4.86. The molecule has 3 saturated heterocycles. The Morgan fingerprint density at radius 2 is 0.857 bits per heavy atom. The first-order valence-corrected chi connectivity index (χ1v) is 16.7. The molecule has 0 aliphatic carbocycles. The van der Waals surface area contributed by atoms with Crippen molar-refractivity contribution in [3.05, 3.63) is 72.2 Å². The molecule has 2 aromatic rings. The molecule has 3 aliphatic heterocycles. The molecule has 0 saturated carbocycles. The summed E-state index contributed by atoms with van der Waals surface area (Å²) >= 11 is 3.21. The molecule has 2 aromatic carbocycles. The van der Waals surface area contributed by atoms with Crippen molar-refractivity contribution in [2.24, 2.45) is 0 Å². The topological polar surface area (TPSA) is 142 Å². The minimum Gasteiger partial charge on any atom is -0.405 e. The second-order valence-corrected chi connectivity index (χ2v) is 16.1. The van der Waals surface area contributed by atoms with Gasteiger partial charge in [-0.15, -0.1) is 0 Å². The number of nitro groups is 2. The van der Waals surface area contributed by atoms with Crippen LogP contribution < -0.4 is 5.46 Å². The zero-order valence-electron chi connectivity index (χ0n) is 30.6. The van der Waals surface area contributed by atoms with Gasteiger partial charge in [-0.2, -0.15) is 0 Å². The second-order valence-electron chi connectivity index (χ2n) is 15.2. The number of rotatable bonds is 4. The highest BCUT2D eigenvalue weighted by Gasteiger charge is 2.63. The third-order valence-electron chi connectivity index (χ3n) is 10.3. The van der Waals surface area contributed by atoms with Crippen LogP contribution in [0.3, 0.4) is 0 Å². The van der Waals surface area contributed by atoms with E-state index in [2.05, 4.69) is 15.9 Å². The predicted octanol–water partition coefficient (Wildman–Crippen LogP) is 7.75. The van der Waals surface area contributed by atoms with Crippen LogP contribution in [0.25, 0.3) is 0 Å². The maximum absolute atomic E-state index is 11.0. The van der Waals surface area contributed by atoms with Crippen molar-refractivity contribution < 1.29 is 37.8 Å². The van der Waals surface area contributed by atoms with Crippen LogP contribution in [0.2, 0.25) is 0 Å². The Morgan fingerprint density at radius 1 is 0.551 bits per heavy atom. The lowest BCUT2D eigenvalue weighted by atomic mass is 9.49. The highest BCUT2D eigenvalue weighted by atomic mass is 79.9. The van der Waals surface area contributed by atoms with Gasteiger partial charge < -0.3 is 27.9 Å². The molecule has 0 spiro atoms. The molecule has 0 aromatic heterocycles. The molecule has 12 nitrogen and oxygen atoms in total. The average Bonchev–Trinajstić information content (AvgIpc) is 3.39. The van der Waals surface area contributed by atoms with E-state index in [-0.39, 0.29) is 51.1 Å². The van der Waals surface area contributed by atoms with Crippen LogP contribution in [0.1, 0.15) is 102 Å². The highest BCUT2D eigenvalue weighted by Crippen LogP contribution is 2.43. The van der Waals surface area contributed by atoms with Crippen LogP contribution in [-0.2, 0) is 27.9 Å². The van der Waals surface area contributed by atoms with E-state index < -0.39 is 32.3 Å². The Hall–Kier alpha value is -2.33. The summed E-state index contributed by atoms with van der Waals surface area (Å²) in [6.07, 6.45) is 0. The zero-order chi connectivity index (χ0) is 36.8. The Balaban J connectivity index is 0.000000262. The van der Waals surface area contributed by atoms with Crippen molar-refractivity contribution in [2.75, 3.05) is 0 Å². The van der Waals surface area contributed by atoms with Gasteiger partial charge in [-0.1, -0.05) is 41.6 Å². The quantitative estimate of drug-likeness (QED) is 0.173. The number of benzene rings is 2. The summed E-state index contributed by atoms with van der Waals surface area (Å²) in [7, 11) is -1.52. The molecule has 3 heterocycles. The zero-order valence-corrected chi connectivity index (χ0v) is 32.1.